The van der Waals surface area contributed by atoms with E-state index < -0.39 is 18.5 Å². The van der Waals surface area contributed by atoms with Gasteiger partial charge in [0, 0.05) is 24.2 Å². The second-order valence-electron chi connectivity index (χ2n) is 6.21. The van der Waals surface area contributed by atoms with Gasteiger partial charge < -0.3 is 15.0 Å². The third-order valence-electron chi connectivity index (χ3n) is 4.00. The van der Waals surface area contributed by atoms with E-state index in [1.54, 1.807) is 32.2 Å². The number of amides is 2. The fraction of sp³-hybridized carbons (Fsp3) is 0.333. The minimum Gasteiger partial charge on any atom is -0.452 e. The van der Waals surface area contributed by atoms with Crippen molar-refractivity contribution in [2.24, 2.45) is 0 Å². The molecule has 0 aliphatic carbocycles. The van der Waals surface area contributed by atoms with Crippen LogP contribution in [-0.4, -0.2) is 53.9 Å². The third kappa shape index (κ3) is 6.90. The van der Waals surface area contributed by atoms with Gasteiger partial charge in [0.2, 0.25) is 5.91 Å². The number of aryl methyl sites for hydroxylation is 1. The van der Waals surface area contributed by atoms with E-state index in [1.807, 2.05) is 31.2 Å². The number of nitrogens with one attached hydrogen (secondary N) is 1. The van der Waals surface area contributed by atoms with E-state index in [0.29, 0.717) is 18.1 Å². The van der Waals surface area contributed by atoms with E-state index in [2.05, 4.69) is 10.3 Å². The zero-order valence-corrected chi connectivity index (χ0v) is 17.6. The predicted octanol–water partition coefficient (Wildman–Crippen LogP) is 2.68. The van der Waals surface area contributed by atoms with E-state index in [1.165, 1.54) is 16.7 Å². The molecule has 7 nitrogen and oxygen atoms in total. The SMILES string of the molecule is CCNC(=O)CN(CC)C(=O)COC(=O)c1cccnc1Sc1ccc(C)cc1. The van der Waals surface area contributed by atoms with Crippen LogP contribution in [-0.2, 0) is 14.3 Å². The van der Waals surface area contributed by atoms with Crippen molar-refractivity contribution in [3.05, 3.63) is 53.7 Å². The van der Waals surface area contributed by atoms with Crippen LogP contribution < -0.4 is 5.32 Å². The highest BCUT2D eigenvalue weighted by molar-refractivity contribution is 7.99. The Morgan fingerprint density at radius 3 is 2.52 bits per heavy atom. The minimum absolute atomic E-state index is 0.0673. The van der Waals surface area contributed by atoms with Crippen LogP contribution >= 0.6 is 11.8 Å². The van der Waals surface area contributed by atoms with Crippen LogP contribution in [0, 0.1) is 6.92 Å². The molecule has 1 aromatic carbocycles. The number of carbonyl (C=O) groups excluding carboxylic acids is 3. The number of pyridine rings is 1. The average molecular weight is 416 g/mol. The molecule has 0 spiro atoms. The number of aromatic nitrogens is 1. The Balaban J connectivity index is 2.00. The summed E-state index contributed by atoms with van der Waals surface area (Å²) in [6.45, 7) is 5.89. The van der Waals surface area contributed by atoms with Gasteiger partial charge in [-0.15, -0.1) is 0 Å². The quantitative estimate of drug-likeness (QED) is 0.634. The van der Waals surface area contributed by atoms with Gasteiger partial charge in [-0.05, 0) is 45.0 Å². The molecule has 0 aliphatic heterocycles. The van der Waals surface area contributed by atoms with Crippen LogP contribution in [0.15, 0.2) is 52.5 Å². The second kappa shape index (κ2) is 11.2. The van der Waals surface area contributed by atoms with Gasteiger partial charge >= 0.3 is 5.97 Å². The molecule has 2 aromatic rings. The lowest BCUT2D eigenvalue weighted by atomic mass is 10.2. The number of rotatable bonds is 9. The lowest BCUT2D eigenvalue weighted by molar-refractivity contribution is -0.138. The van der Waals surface area contributed by atoms with E-state index in [9.17, 15) is 14.4 Å². The van der Waals surface area contributed by atoms with Gasteiger partial charge in [0.1, 0.15) is 5.03 Å². The lowest BCUT2D eigenvalue weighted by Crippen LogP contribution is -2.42. The molecule has 0 atom stereocenters. The average Bonchev–Trinajstić information content (AvgIpc) is 2.72. The molecule has 154 valence electrons. The zero-order valence-electron chi connectivity index (χ0n) is 16.8. The molecular weight excluding hydrogens is 390 g/mol. The fourth-order valence-corrected chi connectivity index (χ4v) is 3.31. The van der Waals surface area contributed by atoms with Gasteiger partial charge in [0.15, 0.2) is 6.61 Å². The summed E-state index contributed by atoms with van der Waals surface area (Å²) in [6, 6.07) is 11.1. The Kier molecular flexibility index (Phi) is 8.67. The summed E-state index contributed by atoms with van der Waals surface area (Å²) in [4.78, 5) is 43.1. The maximum absolute atomic E-state index is 12.5. The van der Waals surface area contributed by atoms with Gasteiger partial charge in [-0.2, -0.15) is 0 Å². The summed E-state index contributed by atoms with van der Waals surface area (Å²) >= 11 is 1.35. The lowest BCUT2D eigenvalue weighted by Gasteiger charge is -2.20. The molecule has 0 unspecified atom stereocenters. The van der Waals surface area contributed by atoms with Gasteiger partial charge in [0.05, 0.1) is 12.1 Å². The Bertz CT molecular complexity index is 855. The highest BCUT2D eigenvalue weighted by atomic mass is 32.2. The number of ether oxygens (including phenoxy) is 1. The Morgan fingerprint density at radius 2 is 1.86 bits per heavy atom. The Hall–Kier alpha value is -2.87. The van der Waals surface area contributed by atoms with Crippen LogP contribution in [0.3, 0.4) is 0 Å². The van der Waals surface area contributed by atoms with Crippen molar-refractivity contribution >= 4 is 29.5 Å². The van der Waals surface area contributed by atoms with Crippen molar-refractivity contribution in [3.8, 4) is 0 Å². The Labute approximate surface area is 174 Å². The number of esters is 1. The maximum atomic E-state index is 12.5. The van der Waals surface area contributed by atoms with Crippen LogP contribution in [0.4, 0.5) is 0 Å². The molecular formula is C21H25N3O4S. The van der Waals surface area contributed by atoms with Gasteiger partial charge in [-0.1, -0.05) is 29.5 Å². The van der Waals surface area contributed by atoms with E-state index in [-0.39, 0.29) is 18.0 Å². The van der Waals surface area contributed by atoms with Gasteiger partial charge in [-0.3, -0.25) is 9.59 Å². The predicted molar refractivity (Wildman–Crippen MR) is 111 cm³/mol. The number of hydrogen-bond acceptors (Lipinski definition) is 6. The standard InChI is InChI=1S/C21H25N3O4S/c1-4-22-18(25)13-24(5-2)19(26)14-28-21(27)17-7-6-12-23-20(17)29-16-10-8-15(3)9-11-16/h6-12H,4-5,13-14H2,1-3H3,(H,22,25). The van der Waals surface area contributed by atoms with Gasteiger partial charge in [0.25, 0.3) is 5.91 Å². The molecule has 8 heteroatoms. The molecule has 29 heavy (non-hydrogen) atoms. The van der Waals surface area contributed by atoms with Crippen molar-refractivity contribution in [2.75, 3.05) is 26.2 Å². The van der Waals surface area contributed by atoms with Crippen LogP contribution in [0.5, 0.6) is 0 Å². The first-order valence-electron chi connectivity index (χ1n) is 9.35. The first-order chi connectivity index (χ1) is 13.9. The normalized spacial score (nSPS) is 10.3. The molecule has 0 fully saturated rings. The number of carbonyl (C=O) groups is 3. The number of nitrogens with zero attached hydrogens (tertiary/aromatic N) is 2. The monoisotopic (exact) mass is 415 g/mol. The summed E-state index contributed by atoms with van der Waals surface area (Å²) in [7, 11) is 0. The highest BCUT2D eigenvalue weighted by Gasteiger charge is 2.20. The molecule has 2 rings (SSSR count). The van der Waals surface area contributed by atoms with Crippen molar-refractivity contribution in [1.82, 2.24) is 15.2 Å². The van der Waals surface area contributed by atoms with Crippen LogP contribution in [0.2, 0.25) is 0 Å². The number of likely N-dealkylation sites (N-methyl/N-ethyl adjacent to an activating group) is 2. The molecule has 0 saturated carbocycles. The molecule has 2 amide bonds. The Morgan fingerprint density at radius 1 is 1.14 bits per heavy atom. The summed E-state index contributed by atoms with van der Waals surface area (Å²) in [6.07, 6.45) is 1.60. The van der Waals surface area contributed by atoms with E-state index >= 15 is 0 Å². The summed E-state index contributed by atoms with van der Waals surface area (Å²) in [5.74, 6) is -1.31. The van der Waals surface area contributed by atoms with E-state index in [4.69, 9.17) is 4.74 Å². The third-order valence-corrected chi connectivity index (χ3v) is 5.02. The summed E-state index contributed by atoms with van der Waals surface area (Å²) < 4.78 is 5.20. The smallest absolute Gasteiger partial charge is 0.341 e. The minimum atomic E-state index is -0.630. The molecule has 0 bridgehead atoms. The number of benzene rings is 1. The molecule has 1 aromatic heterocycles. The summed E-state index contributed by atoms with van der Waals surface area (Å²) in [5.41, 5.74) is 1.43. The molecule has 0 radical (unpaired) electrons. The first kappa shape index (κ1) is 22.4. The molecule has 1 N–H and O–H groups in total. The largest absolute Gasteiger partial charge is 0.452 e. The van der Waals surface area contributed by atoms with Crippen molar-refractivity contribution in [1.29, 1.82) is 0 Å². The number of hydrogen-bond donors (Lipinski definition) is 1. The van der Waals surface area contributed by atoms with Crippen LogP contribution in [0.1, 0.15) is 29.8 Å². The zero-order chi connectivity index (χ0) is 21.2. The highest BCUT2D eigenvalue weighted by Crippen LogP contribution is 2.29. The summed E-state index contributed by atoms with van der Waals surface area (Å²) in [5, 5.41) is 3.14. The van der Waals surface area contributed by atoms with Gasteiger partial charge in [-0.25, -0.2) is 9.78 Å². The van der Waals surface area contributed by atoms with Crippen molar-refractivity contribution in [2.45, 2.75) is 30.7 Å². The first-order valence-corrected chi connectivity index (χ1v) is 10.2. The molecule has 1 heterocycles. The van der Waals surface area contributed by atoms with E-state index in [0.717, 1.165) is 10.5 Å². The second-order valence-corrected chi connectivity index (χ2v) is 7.27. The topological polar surface area (TPSA) is 88.6 Å². The fourth-order valence-electron chi connectivity index (χ4n) is 2.44. The van der Waals surface area contributed by atoms with Crippen molar-refractivity contribution in [3.63, 3.8) is 0 Å². The molecule has 0 saturated heterocycles. The van der Waals surface area contributed by atoms with Crippen LogP contribution in [0.25, 0.3) is 0 Å². The maximum Gasteiger partial charge on any atom is 0.341 e. The van der Waals surface area contributed by atoms with Crippen molar-refractivity contribution < 1.29 is 19.1 Å². The molecule has 0 aliphatic rings.